The van der Waals surface area contributed by atoms with Crippen molar-refractivity contribution in [2.75, 3.05) is 52.4 Å². The Bertz CT molecular complexity index is 346. The summed E-state index contributed by atoms with van der Waals surface area (Å²) in [6.45, 7) is 12.3. The maximum atomic E-state index is 11.6. The summed E-state index contributed by atoms with van der Waals surface area (Å²) in [5, 5.41) is 6.02. The van der Waals surface area contributed by atoms with Crippen LogP contribution in [0.1, 0.15) is 65.2 Å². The van der Waals surface area contributed by atoms with Gasteiger partial charge in [-0.2, -0.15) is 0 Å². The summed E-state index contributed by atoms with van der Waals surface area (Å²) in [6.07, 6.45) is 7.49. The number of hydrogen-bond acceptors (Lipinski definition) is 4. The molecule has 1 saturated heterocycles. The van der Waals surface area contributed by atoms with Crippen LogP contribution in [0.15, 0.2) is 0 Å². The van der Waals surface area contributed by atoms with Gasteiger partial charge in [-0.05, 0) is 38.8 Å². The van der Waals surface area contributed by atoms with Crippen molar-refractivity contribution in [1.82, 2.24) is 20.4 Å². The Morgan fingerprint density at radius 1 is 0.692 bits per heavy atom. The summed E-state index contributed by atoms with van der Waals surface area (Å²) in [5.74, 6) is 0.386. The lowest BCUT2D eigenvalue weighted by Crippen LogP contribution is -2.47. The van der Waals surface area contributed by atoms with Crippen LogP contribution in [0.3, 0.4) is 0 Å². The number of amides is 2. The van der Waals surface area contributed by atoms with Crippen molar-refractivity contribution in [3.05, 3.63) is 0 Å². The van der Waals surface area contributed by atoms with E-state index < -0.39 is 0 Å². The Morgan fingerprint density at radius 3 is 1.42 bits per heavy atom. The Balaban J connectivity index is 1.96. The molecule has 0 aromatic rings. The maximum absolute atomic E-state index is 11.6. The van der Waals surface area contributed by atoms with Crippen LogP contribution in [0.2, 0.25) is 0 Å². The van der Waals surface area contributed by atoms with Crippen LogP contribution in [-0.4, -0.2) is 74.0 Å². The third-order valence-electron chi connectivity index (χ3n) is 4.93. The molecule has 1 aliphatic rings. The van der Waals surface area contributed by atoms with Crippen LogP contribution >= 0.6 is 0 Å². The lowest BCUT2D eigenvalue weighted by atomic mass is 10.2. The highest BCUT2D eigenvalue weighted by Gasteiger charge is 2.16. The molecule has 152 valence electrons. The molecule has 1 rings (SSSR count). The van der Waals surface area contributed by atoms with Crippen molar-refractivity contribution >= 4 is 11.8 Å². The van der Waals surface area contributed by atoms with Gasteiger partial charge in [-0.3, -0.25) is 9.59 Å². The summed E-state index contributed by atoms with van der Waals surface area (Å²) in [4.78, 5) is 28.1. The van der Waals surface area contributed by atoms with Gasteiger partial charge in [0.1, 0.15) is 0 Å². The second-order valence-electron chi connectivity index (χ2n) is 7.30. The average molecular weight is 369 g/mol. The first-order valence-electron chi connectivity index (χ1n) is 10.6. The Hall–Kier alpha value is -1.14. The summed E-state index contributed by atoms with van der Waals surface area (Å²) >= 11 is 0. The number of nitrogens with zero attached hydrogens (tertiary/aromatic N) is 2. The molecular weight excluding hydrogens is 328 g/mol. The van der Waals surface area contributed by atoms with Crippen molar-refractivity contribution < 1.29 is 9.59 Å². The second-order valence-corrected chi connectivity index (χ2v) is 7.30. The first kappa shape index (κ1) is 22.9. The number of piperazine rings is 1. The molecule has 1 heterocycles. The van der Waals surface area contributed by atoms with Gasteiger partial charge in [0.15, 0.2) is 0 Å². The standard InChI is InChI=1S/C20H40N4O2/c1-3-5-9-19(25)21-11-7-13-23-15-17-24(18-16-23)14-8-12-22-20(26)10-6-4-2/h3-18H2,1-2H3,(H,21,25)(H,22,26). The molecule has 0 radical (unpaired) electrons. The molecule has 2 N–H and O–H groups in total. The minimum Gasteiger partial charge on any atom is -0.356 e. The zero-order chi connectivity index (χ0) is 19.0. The first-order chi connectivity index (χ1) is 12.7. The van der Waals surface area contributed by atoms with E-state index in [0.717, 1.165) is 90.9 Å². The lowest BCUT2D eigenvalue weighted by Gasteiger charge is -2.34. The molecule has 6 heteroatoms. The van der Waals surface area contributed by atoms with E-state index in [2.05, 4.69) is 34.3 Å². The molecular formula is C20H40N4O2. The largest absolute Gasteiger partial charge is 0.356 e. The smallest absolute Gasteiger partial charge is 0.219 e. The summed E-state index contributed by atoms with van der Waals surface area (Å²) in [6, 6.07) is 0. The Labute approximate surface area is 160 Å². The van der Waals surface area contributed by atoms with Crippen LogP contribution in [-0.2, 0) is 9.59 Å². The minimum atomic E-state index is 0.193. The lowest BCUT2D eigenvalue weighted by molar-refractivity contribution is -0.122. The third-order valence-corrected chi connectivity index (χ3v) is 4.93. The molecule has 0 aromatic heterocycles. The number of nitrogens with one attached hydrogen (secondary N) is 2. The molecule has 1 aliphatic heterocycles. The summed E-state index contributed by atoms with van der Waals surface area (Å²) in [5.41, 5.74) is 0. The highest BCUT2D eigenvalue weighted by Crippen LogP contribution is 2.03. The topological polar surface area (TPSA) is 64.7 Å². The number of unbranched alkanes of at least 4 members (excludes halogenated alkanes) is 2. The van der Waals surface area contributed by atoms with Crippen LogP contribution in [0.5, 0.6) is 0 Å². The third kappa shape index (κ3) is 11.5. The van der Waals surface area contributed by atoms with E-state index in [-0.39, 0.29) is 11.8 Å². The van der Waals surface area contributed by atoms with E-state index in [1.54, 1.807) is 0 Å². The van der Waals surface area contributed by atoms with Crippen LogP contribution < -0.4 is 10.6 Å². The van der Waals surface area contributed by atoms with E-state index in [4.69, 9.17) is 0 Å². The summed E-state index contributed by atoms with van der Waals surface area (Å²) < 4.78 is 0. The number of carbonyl (C=O) groups is 2. The predicted molar refractivity (Wildman–Crippen MR) is 107 cm³/mol. The molecule has 0 unspecified atom stereocenters. The van der Waals surface area contributed by atoms with Crippen LogP contribution in [0.25, 0.3) is 0 Å². The van der Waals surface area contributed by atoms with Crippen molar-refractivity contribution in [3.8, 4) is 0 Å². The maximum Gasteiger partial charge on any atom is 0.219 e. The molecule has 0 aliphatic carbocycles. The summed E-state index contributed by atoms with van der Waals surface area (Å²) in [7, 11) is 0. The van der Waals surface area contributed by atoms with Crippen molar-refractivity contribution in [1.29, 1.82) is 0 Å². The highest BCUT2D eigenvalue weighted by atomic mass is 16.2. The zero-order valence-corrected chi connectivity index (χ0v) is 17.0. The van der Waals surface area contributed by atoms with Gasteiger partial charge in [0.25, 0.3) is 0 Å². The quantitative estimate of drug-likeness (QED) is 0.460. The Morgan fingerprint density at radius 2 is 1.08 bits per heavy atom. The zero-order valence-electron chi connectivity index (χ0n) is 17.0. The van der Waals surface area contributed by atoms with Crippen LogP contribution in [0, 0.1) is 0 Å². The highest BCUT2D eigenvalue weighted by molar-refractivity contribution is 5.76. The van der Waals surface area contributed by atoms with Gasteiger partial charge in [-0.15, -0.1) is 0 Å². The second kappa shape index (κ2) is 15.0. The normalized spacial score (nSPS) is 15.8. The van der Waals surface area contributed by atoms with Gasteiger partial charge in [-0.1, -0.05) is 26.7 Å². The van der Waals surface area contributed by atoms with E-state index in [1.165, 1.54) is 0 Å². The number of rotatable bonds is 14. The van der Waals surface area contributed by atoms with E-state index in [0.29, 0.717) is 12.8 Å². The van der Waals surface area contributed by atoms with Crippen molar-refractivity contribution in [3.63, 3.8) is 0 Å². The van der Waals surface area contributed by atoms with Crippen molar-refractivity contribution in [2.24, 2.45) is 0 Å². The SMILES string of the molecule is CCCCC(=O)NCCCN1CCN(CCCNC(=O)CCCC)CC1. The predicted octanol–water partition coefficient (Wildman–Crippen LogP) is 2.00. The van der Waals surface area contributed by atoms with Gasteiger partial charge in [-0.25, -0.2) is 0 Å². The van der Waals surface area contributed by atoms with E-state index in [1.807, 2.05) is 0 Å². The number of carbonyl (C=O) groups excluding carboxylic acids is 2. The fourth-order valence-corrected chi connectivity index (χ4v) is 3.15. The molecule has 0 aromatic carbocycles. The van der Waals surface area contributed by atoms with Gasteiger partial charge in [0.05, 0.1) is 0 Å². The molecule has 0 saturated carbocycles. The molecule has 0 bridgehead atoms. The monoisotopic (exact) mass is 368 g/mol. The van der Waals surface area contributed by atoms with Crippen molar-refractivity contribution in [2.45, 2.75) is 65.2 Å². The minimum absolute atomic E-state index is 0.193. The average Bonchev–Trinajstić information content (AvgIpc) is 2.66. The molecule has 6 nitrogen and oxygen atoms in total. The molecule has 2 amide bonds. The van der Waals surface area contributed by atoms with Gasteiger partial charge < -0.3 is 20.4 Å². The fraction of sp³-hybridized carbons (Fsp3) is 0.900. The van der Waals surface area contributed by atoms with Gasteiger partial charge >= 0.3 is 0 Å². The molecule has 1 fully saturated rings. The van der Waals surface area contributed by atoms with E-state index in [9.17, 15) is 9.59 Å². The molecule has 0 atom stereocenters. The van der Waals surface area contributed by atoms with Gasteiger partial charge in [0.2, 0.25) is 11.8 Å². The van der Waals surface area contributed by atoms with E-state index >= 15 is 0 Å². The van der Waals surface area contributed by atoms with Crippen LogP contribution in [0.4, 0.5) is 0 Å². The fourth-order valence-electron chi connectivity index (χ4n) is 3.15. The Kier molecular flexibility index (Phi) is 13.2. The van der Waals surface area contributed by atoms with Gasteiger partial charge in [0, 0.05) is 52.1 Å². The number of hydrogen-bond donors (Lipinski definition) is 2. The first-order valence-corrected chi connectivity index (χ1v) is 10.6. The molecule has 26 heavy (non-hydrogen) atoms. The molecule has 0 spiro atoms.